The van der Waals surface area contributed by atoms with Crippen LogP contribution in [0.4, 0.5) is 0 Å². The molecule has 1 amide bonds. The molecule has 2 aromatic carbocycles. The first-order chi connectivity index (χ1) is 12.1. The van der Waals surface area contributed by atoms with E-state index in [4.69, 9.17) is 9.47 Å². The van der Waals surface area contributed by atoms with E-state index in [1.807, 2.05) is 54.3 Å². The topological polar surface area (TPSA) is 52.8 Å². The van der Waals surface area contributed by atoms with Crippen molar-refractivity contribution in [1.82, 2.24) is 4.57 Å². The Labute approximate surface area is 152 Å². The number of carbonyl (C=O) groups is 1. The maximum absolute atomic E-state index is 12.3. The van der Waals surface area contributed by atoms with E-state index in [0.717, 1.165) is 27.3 Å². The molecule has 128 valence electrons. The highest BCUT2D eigenvalue weighted by molar-refractivity contribution is 7.98. The summed E-state index contributed by atoms with van der Waals surface area (Å²) in [6.07, 6.45) is 2.33. The predicted octanol–water partition coefficient (Wildman–Crippen LogP) is 3.36. The number of rotatable bonds is 3. The highest BCUT2D eigenvalue weighted by Gasteiger charge is 2.16. The standard InChI is InChI=1S/C18H16N2O3S2/c1-20-13-8-14-15(23-10-22-14)9-16(13)25-18(20)19-17(21)7-11-3-5-12(24-2)6-4-11/h3-6,8-9H,7,10H2,1-2H3. The molecule has 0 bridgehead atoms. The molecular formula is C18H16N2O3S2. The zero-order valence-corrected chi connectivity index (χ0v) is 15.4. The summed E-state index contributed by atoms with van der Waals surface area (Å²) < 4.78 is 13.8. The van der Waals surface area contributed by atoms with Crippen molar-refractivity contribution in [1.29, 1.82) is 0 Å². The molecule has 0 unspecified atom stereocenters. The first-order valence-corrected chi connectivity index (χ1v) is 9.78. The number of carbonyl (C=O) groups excluding carboxylic acids is 1. The summed E-state index contributed by atoms with van der Waals surface area (Å²) in [5.41, 5.74) is 1.95. The van der Waals surface area contributed by atoms with E-state index in [-0.39, 0.29) is 12.7 Å². The van der Waals surface area contributed by atoms with Gasteiger partial charge in [-0.1, -0.05) is 23.5 Å². The summed E-state index contributed by atoms with van der Waals surface area (Å²) in [4.78, 5) is 18.5. The average molecular weight is 372 g/mol. The van der Waals surface area contributed by atoms with Crippen LogP contribution in [0.5, 0.6) is 11.5 Å². The number of thiazole rings is 1. The van der Waals surface area contributed by atoms with Crippen LogP contribution in [0.25, 0.3) is 10.2 Å². The molecule has 0 spiro atoms. The second-order valence-corrected chi connectivity index (χ2v) is 7.54. The van der Waals surface area contributed by atoms with Gasteiger partial charge >= 0.3 is 0 Å². The minimum atomic E-state index is -0.154. The lowest BCUT2D eigenvalue weighted by molar-refractivity contribution is -0.117. The van der Waals surface area contributed by atoms with Gasteiger partial charge in [-0.05, 0) is 24.0 Å². The smallest absolute Gasteiger partial charge is 0.252 e. The molecule has 1 aliphatic rings. The van der Waals surface area contributed by atoms with Crippen LogP contribution < -0.4 is 14.3 Å². The van der Waals surface area contributed by atoms with Crippen molar-refractivity contribution in [3.05, 3.63) is 46.8 Å². The van der Waals surface area contributed by atoms with Gasteiger partial charge in [0.05, 0.1) is 16.6 Å². The highest BCUT2D eigenvalue weighted by Crippen LogP contribution is 2.36. The molecule has 0 saturated heterocycles. The molecule has 0 aliphatic carbocycles. The fourth-order valence-electron chi connectivity index (χ4n) is 2.69. The Balaban J connectivity index is 1.63. The summed E-state index contributed by atoms with van der Waals surface area (Å²) in [5.74, 6) is 1.31. The molecule has 7 heteroatoms. The zero-order valence-electron chi connectivity index (χ0n) is 13.8. The van der Waals surface area contributed by atoms with Crippen LogP contribution in [0.3, 0.4) is 0 Å². The molecule has 1 aliphatic heterocycles. The van der Waals surface area contributed by atoms with Crippen LogP contribution >= 0.6 is 23.1 Å². The Morgan fingerprint density at radius 2 is 1.96 bits per heavy atom. The number of benzene rings is 2. The van der Waals surface area contributed by atoms with Crippen molar-refractivity contribution in [3.63, 3.8) is 0 Å². The van der Waals surface area contributed by atoms with Crippen molar-refractivity contribution in [2.45, 2.75) is 11.3 Å². The minimum Gasteiger partial charge on any atom is -0.454 e. The quantitative estimate of drug-likeness (QED) is 0.662. The summed E-state index contributed by atoms with van der Waals surface area (Å²) in [7, 11) is 1.90. The number of amides is 1. The molecule has 5 nitrogen and oxygen atoms in total. The van der Waals surface area contributed by atoms with E-state index in [0.29, 0.717) is 11.2 Å². The lowest BCUT2D eigenvalue weighted by atomic mass is 10.1. The number of nitrogens with zero attached hydrogens (tertiary/aromatic N) is 2. The third kappa shape index (κ3) is 3.17. The molecule has 4 rings (SSSR count). The molecule has 2 heterocycles. The van der Waals surface area contributed by atoms with E-state index >= 15 is 0 Å². The first kappa shape index (κ1) is 16.2. The first-order valence-electron chi connectivity index (χ1n) is 7.74. The number of aromatic nitrogens is 1. The monoisotopic (exact) mass is 372 g/mol. The zero-order chi connectivity index (χ0) is 17.4. The van der Waals surface area contributed by atoms with Crippen LogP contribution in [0.15, 0.2) is 46.3 Å². The van der Waals surface area contributed by atoms with Crippen molar-refractivity contribution < 1.29 is 14.3 Å². The second-order valence-electron chi connectivity index (χ2n) is 5.65. The van der Waals surface area contributed by atoms with Crippen LogP contribution in [0, 0.1) is 0 Å². The van der Waals surface area contributed by atoms with E-state index < -0.39 is 0 Å². The lowest BCUT2D eigenvalue weighted by Gasteiger charge is -2.00. The Morgan fingerprint density at radius 1 is 1.24 bits per heavy atom. The van der Waals surface area contributed by atoms with Crippen molar-refractivity contribution in [2.75, 3.05) is 13.0 Å². The van der Waals surface area contributed by atoms with Crippen molar-refractivity contribution in [2.24, 2.45) is 12.0 Å². The minimum absolute atomic E-state index is 0.154. The highest BCUT2D eigenvalue weighted by atomic mass is 32.2. The molecule has 25 heavy (non-hydrogen) atoms. The van der Waals surface area contributed by atoms with Gasteiger partial charge in [-0.3, -0.25) is 4.79 Å². The molecule has 3 aromatic rings. The molecular weight excluding hydrogens is 356 g/mol. The van der Waals surface area contributed by atoms with Gasteiger partial charge in [0.25, 0.3) is 5.91 Å². The van der Waals surface area contributed by atoms with Gasteiger partial charge in [-0.2, -0.15) is 4.99 Å². The van der Waals surface area contributed by atoms with Crippen molar-refractivity contribution in [3.8, 4) is 11.5 Å². The number of hydrogen-bond acceptors (Lipinski definition) is 5. The van der Waals surface area contributed by atoms with Crippen molar-refractivity contribution >= 4 is 39.2 Å². The molecule has 0 fully saturated rings. The molecule has 0 N–H and O–H groups in total. The predicted molar refractivity (Wildman–Crippen MR) is 99.4 cm³/mol. The van der Waals surface area contributed by atoms with Crippen LogP contribution in [0.1, 0.15) is 5.56 Å². The van der Waals surface area contributed by atoms with E-state index in [1.165, 1.54) is 16.2 Å². The van der Waals surface area contributed by atoms with Gasteiger partial charge in [-0.15, -0.1) is 11.8 Å². The summed E-state index contributed by atoms with van der Waals surface area (Å²) in [5, 5.41) is 0. The number of ether oxygens (including phenoxy) is 2. The SMILES string of the molecule is CSc1ccc(CC(=O)N=c2sc3cc4c(cc3n2C)OCO4)cc1. The fourth-order valence-corrected chi connectivity index (χ4v) is 4.14. The van der Waals surface area contributed by atoms with E-state index in [9.17, 15) is 4.79 Å². The molecule has 0 atom stereocenters. The molecule has 0 saturated carbocycles. The van der Waals surface area contributed by atoms with Gasteiger partial charge in [0.2, 0.25) is 6.79 Å². The number of hydrogen-bond donors (Lipinski definition) is 0. The fraction of sp³-hybridized carbons (Fsp3) is 0.222. The summed E-state index contributed by atoms with van der Waals surface area (Å²) >= 11 is 3.15. The van der Waals surface area contributed by atoms with Gasteiger partial charge in [-0.25, -0.2) is 0 Å². The summed E-state index contributed by atoms with van der Waals surface area (Å²) in [6.45, 7) is 0.251. The van der Waals surface area contributed by atoms with Crippen LogP contribution in [-0.2, 0) is 18.3 Å². The number of fused-ring (bicyclic) bond motifs is 2. The van der Waals surface area contributed by atoms with Gasteiger partial charge in [0.1, 0.15) is 0 Å². The molecule has 1 aromatic heterocycles. The third-order valence-electron chi connectivity index (χ3n) is 4.04. The second kappa shape index (κ2) is 6.57. The van der Waals surface area contributed by atoms with Gasteiger partial charge in [0.15, 0.2) is 16.3 Å². The Bertz CT molecular complexity index is 1020. The van der Waals surface area contributed by atoms with Gasteiger partial charge < -0.3 is 14.0 Å². The van der Waals surface area contributed by atoms with Gasteiger partial charge in [0, 0.05) is 24.1 Å². The third-order valence-corrected chi connectivity index (χ3v) is 5.88. The maximum atomic E-state index is 12.3. The Hall–Kier alpha value is -2.25. The molecule has 0 radical (unpaired) electrons. The normalized spacial score (nSPS) is 13.6. The number of thioether (sulfide) groups is 1. The maximum Gasteiger partial charge on any atom is 0.252 e. The van der Waals surface area contributed by atoms with E-state index in [2.05, 4.69) is 4.99 Å². The Kier molecular flexibility index (Phi) is 4.27. The van der Waals surface area contributed by atoms with E-state index in [1.54, 1.807) is 11.8 Å². The Morgan fingerprint density at radius 3 is 2.68 bits per heavy atom. The largest absolute Gasteiger partial charge is 0.454 e. The average Bonchev–Trinajstić information content (AvgIpc) is 3.18. The lowest BCUT2D eigenvalue weighted by Crippen LogP contribution is -2.14. The summed E-state index contributed by atoms with van der Waals surface area (Å²) in [6, 6.07) is 11.9. The number of aryl methyl sites for hydroxylation is 1. The van der Waals surface area contributed by atoms with Crippen LogP contribution in [-0.4, -0.2) is 23.5 Å². The van der Waals surface area contributed by atoms with Crippen LogP contribution in [0.2, 0.25) is 0 Å².